The summed E-state index contributed by atoms with van der Waals surface area (Å²) in [5, 5.41) is 11.5. The molecule has 0 saturated carbocycles. The molecule has 0 fully saturated rings. The first-order valence-corrected chi connectivity index (χ1v) is 10.9. The van der Waals surface area contributed by atoms with Gasteiger partial charge in [-0.15, -0.1) is 0 Å². The largest absolute Gasteiger partial charge is 0.497 e. The fourth-order valence-corrected chi connectivity index (χ4v) is 5.67. The van der Waals surface area contributed by atoms with Crippen LogP contribution in [0.2, 0.25) is 0 Å². The number of methoxy groups -OCH3 is 2. The fourth-order valence-electron chi connectivity index (χ4n) is 3.94. The molecule has 31 heavy (non-hydrogen) atoms. The van der Waals surface area contributed by atoms with Gasteiger partial charge in [0.1, 0.15) is 11.5 Å². The average molecular weight is 443 g/mol. The lowest BCUT2D eigenvalue weighted by Crippen LogP contribution is -2.42. The first-order chi connectivity index (χ1) is 14.9. The van der Waals surface area contributed by atoms with Crippen molar-refractivity contribution >= 4 is 15.7 Å². The predicted octanol–water partition coefficient (Wildman–Crippen LogP) is 3.21. The monoisotopic (exact) mass is 443 g/mol. The smallest absolute Gasteiger partial charge is 0.289 e. The minimum Gasteiger partial charge on any atom is -0.497 e. The second kappa shape index (κ2) is 8.05. The molecule has 10 heteroatoms. The van der Waals surface area contributed by atoms with Gasteiger partial charge in [-0.3, -0.25) is 10.1 Å². The minimum atomic E-state index is -4.22. The number of nitrogens with zero attached hydrogens (tertiary/aromatic N) is 3. The highest BCUT2D eigenvalue weighted by molar-refractivity contribution is 7.89. The number of rotatable bonds is 6. The predicted molar refractivity (Wildman–Crippen MR) is 113 cm³/mol. The average Bonchev–Trinajstić information content (AvgIpc) is 3.26. The van der Waals surface area contributed by atoms with Crippen LogP contribution in [0.5, 0.6) is 11.5 Å². The quantitative estimate of drug-likeness (QED) is 0.428. The molecule has 1 unspecified atom stereocenters. The van der Waals surface area contributed by atoms with Crippen molar-refractivity contribution < 1.29 is 22.8 Å². The lowest BCUT2D eigenvalue weighted by Gasteiger charge is -2.36. The van der Waals surface area contributed by atoms with Crippen molar-refractivity contribution in [2.45, 2.75) is 17.5 Å². The Kier molecular flexibility index (Phi) is 5.42. The first-order valence-electron chi connectivity index (χ1n) is 9.50. The first kappa shape index (κ1) is 20.9. The highest BCUT2D eigenvalue weighted by Gasteiger charge is 2.41. The molecule has 0 spiro atoms. The van der Waals surface area contributed by atoms with E-state index in [0.29, 0.717) is 23.6 Å². The Morgan fingerprint density at radius 3 is 2.52 bits per heavy atom. The molecule has 0 saturated heterocycles. The molecule has 1 aliphatic rings. The molecule has 2 heterocycles. The van der Waals surface area contributed by atoms with E-state index in [4.69, 9.17) is 9.47 Å². The zero-order chi connectivity index (χ0) is 22.2. The van der Waals surface area contributed by atoms with E-state index in [1.807, 2.05) is 22.9 Å². The molecule has 0 aliphatic carbocycles. The standard InChI is InChI=1S/C21H21N3O6S/c1-29-15-9-10-19(30-2)16(14-15)21-18-7-5-11-22(18)12-13-23(21)31(27,28)20-8-4-3-6-17(20)24(25)26/h3-11,14,21H,12-13H2,1-2H3. The molecular weight excluding hydrogens is 422 g/mol. The second-order valence-corrected chi connectivity index (χ2v) is 8.84. The number of nitro benzene ring substituents is 1. The third kappa shape index (κ3) is 3.53. The summed E-state index contributed by atoms with van der Waals surface area (Å²) in [5.74, 6) is 1.03. The van der Waals surface area contributed by atoms with Gasteiger partial charge in [-0.25, -0.2) is 8.42 Å². The summed E-state index contributed by atoms with van der Waals surface area (Å²) in [6, 6.07) is 13.5. The van der Waals surface area contributed by atoms with Crippen LogP contribution in [0.25, 0.3) is 0 Å². The van der Waals surface area contributed by atoms with Gasteiger partial charge in [0.2, 0.25) is 0 Å². The minimum absolute atomic E-state index is 0.140. The van der Waals surface area contributed by atoms with Gasteiger partial charge in [-0.2, -0.15) is 4.31 Å². The molecule has 4 rings (SSSR count). The Balaban J connectivity index is 1.94. The summed E-state index contributed by atoms with van der Waals surface area (Å²) in [6.45, 7) is 0.562. The van der Waals surface area contributed by atoms with Crippen molar-refractivity contribution in [2.75, 3.05) is 20.8 Å². The van der Waals surface area contributed by atoms with Crippen LogP contribution in [-0.2, 0) is 16.6 Å². The molecule has 1 atom stereocenters. The summed E-state index contributed by atoms with van der Waals surface area (Å²) in [5.41, 5.74) is 0.864. The number of para-hydroxylation sites is 1. The summed E-state index contributed by atoms with van der Waals surface area (Å²) in [6.07, 6.45) is 1.88. The molecule has 0 radical (unpaired) electrons. The van der Waals surface area contributed by atoms with E-state index < -0.39 is 26.7 Å². The van der Waals surface area contributed by atoms with Gasteiger partial charge in [0.15, 0.2) is 4.90 Å². The Morgan fingerprint density at radius 1 is 1.03 bits per heavy atom. The van der Waals surface area contributed by atoms with Crippen molar-refractivity contribution in [2.24, 2.45) is 0 Å². The number of nitro groups is 1. The Labute approximate surface area is 179 Å². The van der Waals surface area contributed by atoms with Crippen LogP contribution in [0.4, 0.5) is 5.69 Å². The highest BCUT2D eigenvalue weighted by Crippen LogP contribution is 2.42. The van der Waals surface area contributed by atoms with Crippen LogP contribution < -0.4 is 9.47 Å². The summed E-state index contributed by atoms with van der Waals surface area (Å²) in [7, 11) is -1.19. The number of hydrogen-bond donors (Lipinski definition) is 0. The number of hydrogen-bond acceptors (Lipinski definition) is 6. The van der Waals surface area contributed by atoms with Crippen molar-refractivity contribution in [3.63, 3.8) is 0 Å². The number of fused-ring (bicyclic) bond motifs is 1. The van der Waals surface area contributed by atoms with Crippen LogP contribution in [-0.4, -0.2) is 43.0 Å². The van der Waals surface area contributed by atoms with E-state index in [1.165, 1.54) is 42.8 Å². The summed E-state index contributed by atoms with van der Waals surface area (Å²) in [4.78, 5) is 10.5. The van der Waals surface area contributed by atoms with Crippen LogP contribution in [0.1, 0.15) is 17.3 Å². The van der Waals surface area contributed by atoms with Crippen LogP contribution in [0, 0.1) is 10.1 Å². The maximum Gasteiger partial charge on any atom is 0.289 e. The van der Waals surface area contributed by atoms with Crippen molar-refractivity contribution in [1.29, 1.82) is 0 Å². The molecule has 1 aliphatic heterocycles. The number of sulfonamides is 1. The normalized spacial score (nSPS) is 16.5. The van der Waals surface area contributed by atoms with Gasteiger partial charge in [-0.05, 0) is 36.4 Å². The van der Waals surface area contributed by atoms with Gasteiger partial charge in [0.05, 0.1) is 25.2 Å². The fraction of sp³-hybridized carbons (Fsp3) is 0.238. The van der Waals surface area contributed by atoms with E-state index in [1.54, 1.807) is 18.2 Å². The molecule has 1 aromatic heterocycles. The van der Waals surface area contributed by atoms with Crippen LogP contribution >= 0.6 is 0 Å². The number of aromatic nitrogens is 1. The topological polar surface area (TPSA) is 104 Å². The van der Waals surface area contributed by atoms with Gasteiger partial charge in [-0.1, -0.05) is 12.1 Å². The van der Waals surface area contributed by atoms with E-state index in [2.05, 4.69) is 0 Å². The van der Waals surface area contributed by atoms with E-state index in [0.717, 1.165) is 5.69 Å². The lowest BCUT2D eigenvalue weighted by atomic mass is 10.0. The molecule has 2 aromatic carbocycles. The Bertz CT molecular complexity index is 1240. The van der Waals surface area contributed by atoms with Crippen LogP contribution in [0.15, 0.2) is 65.7 Å². The van der Waals surface area contributed by atoms with Gasteiger partial charge >= 0.3 is 0 Å². The Morgan fingerprint density at radius 2 is 1.81 bits per heavy atom. The molecular formula is C21H21N3O6S. The summed E-state index contributed by atoms with van der Waals surface area (Å²) < 4.78 is 41.6. The Hall–Kier alpha value is -3.37. The third-order valence-electron chi connectivity index (χ3n) is 5.37. The SMILES string of the molecule is COc1ccc(OC)c(C2c3cccn3CCN2S(=O)(=O)c2ccccc2[N+](=O)[O-])c1. The zero-order valence-electron chi connectivity index (χ0n) is 17.0. The van der Waals surface area contributed by atoms with E-state index >= 15 is 0 Å². The molecule has 162 valence electrons. The van der Waals surface area contributed by atoms with E-state index in [-0.39, 0.29) is 11.4 Å². The number of benzene rings is 2. The highest BCUT2D eigenvalue weighted by atomic mass is 32.2. The maximum absolute atomic E-state index is 13.7. The zero-order valence-corrected chi connectivity index (χ0v) is 17.8. The molecule has 0 N–H and O–H groups in total. The van der Waals surface area contributed by atoms with Gasteiger partial charge in [0, 0.05) is 36.6 Å². The maximum atomic E-state index is 13.7. The summed E-state index contributed by atoms with van der Waals surface area (Å²) >= 11 is 0. The molecule has 9 nitrogen and oxygen atoms in total. The third-order valence-corrected chi connectivity index (χ3v) is 7.29. The molecule has 0 bridgehead atoms. The molecule has 3 aromatic rings. The van der Waals surface area contributed by atoms with Crippen molar-refractivity contribution in [3.05, 3.63) is 82.2 Å². The van der Waals surface area contributed by atoms with Crippen molar-refractivity contribution in [1.82, 2.24) is 8.87 Å². The second-order valence-electron chi connectivity index (χ2n) is 6.98. The lowest BCUT2D eigenvalue weighted by molar-refractivity contribution is -0.387. The van der Waals surface area contributed by atoms with Gasteiger partial charge < -0.3 is 14.0 Å². The molecule has 0 amide bonds. The van der Waals surface area contributed by atoms with Crippen molar-refractivity contribution in [3.8, 4) is 11.5 Å². The van der Waals surface area contributed by atoms with E-state index in [9.17, 15) is 18.5 Å². The van der Waals surface area contributed by atoms with Gasteiger partial charge in [0.25, 0.3) is 15.7 Å². The van der Waals surface area contributed by atoms with Crippen LogP contribution in [0.3, 0.4) is 0 Å². The number of ether oxygens (including phenoxy) is 2.